The number of aliphatic imine (C=N–C) groups is 1. The zero-order valence-corrected chi connectivity index (χ0v) is 14.4. The maximum atomic E-state index is 4.76. The van der Waals surface area contributed by atoms with E-state index in [4.69, 9.17) is 4.99 Å². The summed E-state index contributed by atoms with van der Waals surface area (Å²) in [6.45, 7) is 4.09. The number of benzene rings is 3. The lowest BCUT2D eigenvalue weighted by Gasteiger charge is -2.21. The minimum Gasteiger partial charge on any atom is -0.258 e. The Hall–Kier alpha value is -2.24. The van der Waals surface area contributed by atoms with E-state index in [-0.39, 0.29) is 0 Å². The summed E-state index contributed by atoms with van der Waals surface area (Å²) in [4.78, 5) is 4.76. The van der Waals surface area contributed by atoms with Gasteiger partial charge in [-0.2, -0.15) is 0 Å². The van der Waals surface area contributed by atoms with Gasteiger partial charge < -0.3 is 0 Å². The maximum absolute atomic E-state index is 4.76. The summed E-state index contributed by atoms with van der Waals surface area (Å²) in [6, 6.07) is 30.0. The summed E-state index contributed by atoms with van der Waals surface area (Å²) >= 11 is 0. The Morgan fingerprint density at radius 3 is 1.65 bits per heavy atom. The van der Waals surface area contributed by atoms with Gasteiger partial charge in [-0.05, 0) is 38.4 Å². The van der Waals surface area contributed by atoms with Gasteiger partial charge in [0.15, 0.2) is 0 Å². The predicted octanol–water partition coefficient (Wildman–Crippen LogP) is 4.56. The minimum absolute atomic E-state index is 0.604. The van der Waals surface area contributed by atoms with Crippen LogP contribution in [0.25, 0.3) is 0 Å². The molecule has 0 saturated heterocycles. The molecule has 3 aromatic rings. The largest absolute Gasteiger partial charge is 0.258 e. The lowest BCUT2D eigenvalue weighted by Crippen LogP contribution is -2.20. The maximum Gasteiger partial charge on any atom is 0.0712 e. The lowest BCUT2D eigenvalue weighted by molar-refractivity contribution is 1.50. The fourth-order valence-corrected chi connectivity index (χ4v) is 4.95. The van der Waals surface area contributed by atoms with E-state index in [0.29, 0.717) is 0 Å². The predicted molar refractivity (Wildman–Crippen MR) is 104 cm³/mol. The normalized spacial score (nSPS) is 10.6. The van der Waals surface area contributed by atoms with Crippen LogP contribution < -0.4 is 15.9 Å². The molecule has 0 unspecified atom stereocenters. The minimum atomic E-state index is -0.604. The average molecular weight is 317 g/mol. The molecule has 0 aromatic heterocycles. The van der Waals surface area contributed by atoms with Crippen molar-refractivity contribution < 1.29 is 0 Å². The second-order valence-corrected chi connectivity index (χ2v) is 7.74. The van der Waals surface area contributed by atoms with E-state index < -0.39 is 7.92 Å². The molecule has 0 spiro atoms. The molecule has 1 nitrogen and oxygen atoms in total. The Labute approximate surface area is 139 Å². The molecule has 0 saturated carbocycles. The van der Waals surface area contributed by atoms with Crippen LogP contribution >= 0.6 is 7.92 Å². The quantitative estimate of drug-likeness (QED) is 0.494. The zero-order valence-electron chi connectivity index (χ0n) is 13.5. The highest BCUT2D eigenvalue weighted by Crippen LogP contribution is 2.36. The third-order valence-corrected chi connectivity index (χ3v) is 5.98. The number of nitrogens with zero attached hydrogens (tertiary/aromatic N) is 1. The number of hydrogen-bond acceptors (Lipinski definition) is 1. The summed E-state index contributed by atoms with van der Waals surface area (Å²) < 4.78 is 0. The van der Waals surface area contributed by atoms with E-state index in [9.17, 15) is 0 Å². The van der Waals surface area contributed by atoms with Gasteiger partial charge in [0.05, 0.1) is 5.69 Å². The molecule has 0 radical (unpaired) electrons. The zero-order chi connectivity index (χ0) is 16.1. The number of rotatable bonds is 4. The van der Waals surface area contributed by atoms with Gasteiger partial charge in [0, 0.05) is 11.0 Å². The molecule has 0 N–H and O–H groups in total. The average Bonchev–Trinajstić information content (AvgIpc) is 2.58. The van der Waals surface area contributed by atoms with E-state index in [1.54, 1.807) is 0 Å². The van der Waals surface area contributed by atoms with Gasteiger partial charge in [-0.15, -0.1) is 0 Å². The van der Waals surface area contributed by atoms with Crippen LogP contribution in [-0.4, -0.2) is 5.71 Å². The molecule has 3 rings (SSSR count). The Morgan fingerprint density at radius 2 is 1.13 bits per heavy atom. The topological polar surface area (TPSA) is 12.4 Å². The van der Waals surface area contributed by atoms with Crippen molar-refractivity contribution in [3.63, 3.8) is 0 Å². The second kappa shape index (κ2) is 7.35. The molecule has 0 fully saturated rings. The van der Waals surface area contributed by atoms with E-state index in [0.717, 1.165) is 11.4 Å². The van der Waals surface area contributed by atoms with E-state index in [1.807, 2.05) is 13.8 Å². The fraction of sp³-hybridized carbons (Fsp3) is 0.0952. The van der Waals surface area contributed by atoms with Crippen LogP contribution in [0.3, 0.4) is 0 Å². The Kier molecular flexibility index (Phi) is 5.00. The Bertz CT molecular complexity index is 751. The van der Waals surface area contributed by atoms with Crippen LogP contribution in [0.1, 0.15) is 13.8 Å². The van der Waals surface area contributed by atoms with Crippen molar-refractivity contribution in [2.45, 2.75) is 13.8 Å². The molecular weight excluding hydrogens is 297 g/mol. The van der Waals surface area contributed by atoms with Crippen molar-refractivity contribution in [3.05, 3.63) is 84.9 Å². The number of para-hydroxylation sites is 1. The van der Waals surface area contributed by atoms with Gasteiger partial charge in [-0.25, -0.2) is 0 Å². The van der Waals surface area contributed by atoms with Gasteiger partial charge >= 0.3 is 0 Å². The van der Waals surface area contributed by atoms with Crippen molar-refractivity contribution in [1.82, 2.24) is 0 Å². The van der Waals surface area contributed by atoms with E-state index in [1.165, 1.54) is 15.9 Å². The molecule has 0 bridgehead atoms. The van der Waals surface area contributed by atoms with Crippen molar-refractivity contribution in [2.24, 2.45) is 4.99 Å². The van der Waals surface area contributed by atoms with Crippen molar-refractivity contribution >= 4 is 35.2 Å². The first-order chi connectivity index (χ1) is 11.3. The summed E-state index contributed by atoms with van der Waals surface area (Å²) in [6.07, 6.45) is 0. The van der Waals surface area contributed by atoms with Gasteiger partial charge in [-0.3, -0.25) is 4.99 Å². The van der Waals surface area contributed by atoms with Crippen LogP contribution in [-0.2, 0) is 0 Å². The molecule has 2 heteroatoms. The highest BCUT2D eigenvalue weighted by molar-refractivity contribution is 7.80. The fourth-order valence-electron chi connectivity index (χ4n) is 2.57. The van der Waals surface area contributed by atoms with E-state index in [2.05, 4.69) is 84.9 Å². The third kappa shape index (κ3) is 3.75. The molecule has 3 aromatic carbocycles. The first-order valence-electron chi connectivity index (χ1n) is 7.77. The molecule has 0 amide bonds. The van der Waals surface area contributed by atoms with Crippen LogP contribution in [0, 0.1) is 0 Å². The highest BCUT2D eigenvalue weighted by atomic mass is 31.1. The van der Waals surface area contributed by atoms with Crippen molar-refractivity contribution in [1.29, 1.82) is 0 Å². The first kappa shape index (κ1) is 15.6. The van der Waals surface area contributed by atoms with E-state index >= 15 is 0 Å². The SMILES string of the molecule is CC(C)=Nc1ccccc1P(c1ccccc1)c1ccccc1. The Balaban J connectivity index is 2.20. The molecule has 23 heavy (non-hydrogen) atoms. The smallest absolute Gasteiger partial charge is 0.0712 e. The highest BCUT2D eigenvalue weighted by Gasteiger charge is 2.18. The summed E-state index contributed by atoms with van der Waals surface area (Å²) in [5.41, 5.74) is 2.15. The first-order valence-corrected chi connectivity index (χ1v) is 9.11. The third-order valence-electron chi connectivity index (χ3n) is 3.50. The molecular formula is C21H20NP. The van der Waals surface area contributed by atoms with Gasteiger partial charge in [0.25, 0.3) is 0 Å². The van der Waals surface area contributed by atoms with Crippen molar-refractivity contribution in [3.8, 4) is 0 Å². The summed E-state index contributed by atoms with van der Waals surface area (Å²) in [5, 5.41) is 4.01. The van der Waals surface area contributed by atoms with Gasteiger partial charge in [-0.1, -0.05) is 78.9 Å². The standard InChI is InChI=1S/C21H20NP/c1-17(2)22-20-15-9-10-16-21(20)23(18-11-5-3-6-12-18)19-13-7-4-8-14-19/h3-16H,1-2H3. The van der Waals surface area contributed by atoms with Crippen LogP contribution in [0.5, 0.6) is 0 Å². The number of hydrogen-bond donors (Lipinski definition) is 0. The molecule has 0 atom stereocenters. The molecule has 0 aliphatic heterocycles. The van der Waals surface area contributed by atoms with Crippen LogP contribution in [0.2, 0.25) is 0 Å². The monoisotopic (exact) mass is 317 g/mol. The van der Waals surface area contributed by atoms with Crippen LogP contribution in [0.4, 0.5) is 5.69 Å². The lowest BCUT2D eigenvalue weighted by atomic mass is 10.3. The molecule has 0 heterocycles. The molecule has 0 aliphatic rings. The summed E-state index contributed by atoms with van der Waals surface area (Å²) in [7, 11) is -0.604. The Morgan fingerprint density at radius 1 is 0.652 bits per heavy atom. The second-order valence-electron chi connectivity index (χ2n) is 5.55. The summed E-state index contributed by atoms with van der Waals surface area (Å²) in [5.74, 6) is 0. The van der Waals surface area contributed by atoms with Gasteiger partial charge in [0.1, 0.15) is 0 Å². The molecule has 114 valence electrons. The van der Waals surface area contributed by atoms with Gasteiger partial charge in [0.2, 0.25) is 0 Å². The van der Waals surface area contributed by atoms with Crippen LogP contribution in [0.15, 0.2) is 89.9 Å². The van der Waals surface area contributed by atoms with Crippen molar-refractivity contribution in [2.75, 3.05) is 0 Å². The molecule has 0 aliphatic carbocycles.